The van der Waals surface area contributed by atoms with E-state index in [0.717, 1.165) is 10.0 Å². The summed E-state index contributed by atoms with van der Waals surface area (Å²) in [5.74, 6) is -0.753. The Balaban J connectivity index is 2.10. The summed E-state index contributed by atoms with van der Waals surface area (Å²) in [4.78, 5) is 12.0. The van der Waals surface area contributed by atoms with Gasteiger partial charge in [-0.2, -0.15) is 0 Å². The zero-order chi connectivity index (χ0) is 13.8. The molecule has 0 aliphatic rings. The first-order valence-corrected chi connectivity index (χ1v) is 7.13. The molecule has 2 aromatic rings. The molecule has 0 fully saturated rings. The molecule has 0 unspecified atom stereocenters. The van der Waals surface area contributed by atoms with Gasteiger partial charge in [-0.25, -0.2) is 4.39 Å². The summed E-state index contributed by atoms with van der Waals surface area (Å²) in [5.41, 5.74) is 1.25. The molecule has 0 aromatic heterocycles. The minimum absolute atomic E-state index is 0.284. The van der Waals surface area contributed by atoms with E-state index in [2.05, 4.69) is 37.2 Å². The molecule has 0 spiro atoms. The van der Waals surface area contributed by atoms with Gasteiger partial charge in [0.05, 0.1) is 5.56 Å². The summed E-state index contributed by atoms with van der Waals surface area (Å²) in [5, 5.41) is 2.76. The predicted octanol–water partition coefficient (Wildman–Crippen LogP) is 4.28. The van der Waals surface area contributed by atoms with E-state index < -0.39 is 5.82 Å². The molecule has 2 rings (SSSR count). The smallest absolute Gasteiger partial charge is 0.252 e. The van der Waals surface area contributed by atoms with Crippen LogP contribution < -0.4 is 5.32 Å². The molecular formula is C14H10Br2FNO. The fourth-order valence-corrected chi connectivity index (χ4v) is 2.44. The second-order valence-corrected chi connectivity index (χ2v) is 5.61. The van der Waals surface area contributed by atoms with Gasteiger partial charge >= 0.3 is 0 Å². The van der Waals surface area contributed by atoms with Crippen LogP contribution in [0, 0.1) is 5.82 Å². The van der Waals surface area contributed by atoms with Crippen molar-refractivity contribution in [1.82, 2.24) is 5.32 Å². The Kier molecular flexibility index (Phi) is 4.71. The number of hydrogen-bond donors (Lipinski definition) is 1. The maximum absolute atomic E-state index is 13.1. The SMILES string of the molecule is O=C(NCc1ccccc1Br)c1cc(F)ccc1Br. The second kappa shape index (κ2) is 6.30. The van der Waals surface area contributed by atoms with Crippen molar-refractivity contribution in [2.24, 2.45) is 0 Å². The van der Waals surface area contributed by atoms with Gasteiger partial charge < -0.3 is 5.32 Å². The van der Waals surface area contributed by atoms with E-state index in [9.17, 15) is 9.18 Å². The lowest BCUT2D eigenvalue weighted by Gasteiger charge is -2.08. The highest BCUT2D eigenvalue weighted by Crippen LogP contribution is 2.19. The van der Waals surface area contributed by atoms with E-state index in [1.165, 1.54) is 18.2 Å². The largest absolute Gasteiger partial charge is 0.348 e. The van der Waals surface area contributed by atoms with Gasteiger partial charge in [0.25, 0.3) is 5.91 Å². The minimum Gasteiger partial charge on any atom is -0.348 e. The fourth-order valence-electron chi connectivity index (χ4n) is 1.58. The molecule has 0 saturated heterocycles. The average molecular weight is 387 g/mol. The fraction of sp³-hybridized carbons (Fsp3) is 0.0714. The number of hydrogen-bond acceptors (Lipinski definition) is 1. The number of benzene rings is 2. The monoisotopic (exact) mass is 385 g/mol. The molecule has 0 bridgehead atoms. The molecule has 98 valence electrons. The Hall–Kier alpha value is -1.20. The molecule has 1 amide bonds. The lowest BCUT2D eigenvalue weighted by molar-refractivity contribution is 0.0949. The van der Waals surface area contributed by atoms with E-state index >= 15 is 0 Å². The Morgan fingerprint density at radius 3 is 2.58 bits per heavy atom. The molecule has 2 aromatic carbocycles. The standard InChI is InChI=1S/C14H10Br2FNO/c15-12-4-2-1-3-9(12)8-18-14(19)11-7-10(17)5-6-13(11)16/h1-7H,8H2,(H,18,19). The number of halogens is 3. The summed E-state index contributed by atoms with van der Waals surface area (Å²) < 4.78 is 14.6. The third-order valence-corrected chi connectivity index (χ3v) is 4.04. The normalized spacial score (nSPS) is 10.3. The molecule has 5 heteroatoms. The number of amides is 1. The van der Waals surface area contributed by atoms with E-state index in [1.807, 2.05) is 24.3 Å². The zero-order valence-corrected chi connectivity index (χ0v) is 13.0. The van der Waals surface area contributed by atoms with Crippen LogP contribution in [0.2, 0.25) is 0 Å². The van der Waals surface area contributed by atoms with Gasteiger partial charge in [0.15, 0.2) is 0 Å². The van der Waals surface area contributed by atoms with Crippen molar-refractivity contribution < 1.29 is 9.18 Å². The number of nitrogens with one attached hydrogen (secondary N) is 1. The molecular weight excluding hydrogens is 377 g/mol. The quantitative estimate of drug-likeness (QED) is 0.837. The van der Waals surface area contributed by atoms with E-state index in [4.69, 9.17) is 0 Å². The summed E-state index contributed by atoms with van der Waals surface area (Å²) in [7, 11) is 0. The highest BCUT2D eigenvalue weighted by Gasteiger charge is 2.11. The Morgan fingerprint density at radius 2 is 1.84 bits per heavy atom. The van der Waals surface area contributed by atoms with Crippen molar-refractivity contribution >= 4 is 37.8 Å². The van der Waals surface area contributed by atoms with Crippen LogP contribution in [-0.2, 0) is 6.54 Å². The Morgan fingerprint density at radius 1 is 1.11 bits per heavy atom. The molecule has 1 N–H and O–H groups in total. The van der Waals surface area contributed by atoms with Crippen LogP contribution in [0.25, 0.3) is 0 Å². The highest BCUT2D eigenvalue weighted by atomic mass is 79.9. The predicted molar refractivity (Wildman–Crippen MR) is 79.4 cm³/mol. The van der Waals surface area contributed by atoms with Gasteiger partial charge in [0.2, 0.25) is 0 Å². The topological polar surface area (TPSA) is 29.1 Å². The molecule has 0 atom stereocenters. The van der Waals surface area contributed by atoms with E-state index in [0.29, 0.717) is 11.0 Å². The number of rotatable bonds is 3. The maximum atomic E-state index is 13.1. The first-order valence-electron chi connectivity index (χ1n) is 5.54. The molecule has 0 radical (unpaired) electrons. The van der Waals surface area contributed by atoms with Crippen LogP contribution in [0.15, 0.2) is 51.4 Å². The van der Waals surface area contributed by atoms with Crippen molar-refractivity contribution in [2.75, 3.05) is 0 Å². The van der Waals surface area contributed by atoms with Crippen LogP contribution in [0.3, 0.4) is 0 Å². The average Bonchev–Trinajstić information content (AvgIpc) is 2.40. The molecule has 2 nitrogen and oxygen atoms in total. The van der Waals surface area contributed by atoms with Crippen LogP contribution in [0.1, 0.15) is 15.9 Å². The zero-order valence-electron chi connectivity index (χ0n) is 9.79. The first-order chi connectivity index (χ1) is 9.08. The van der Waals surface area contributed by atoms with E-state index in [1.54, 1.807) is 0 Å². The number of carbonyl (C=O) groups excluding carboxylic acids is 1. The van der Waals surface area contributed by atoms with E-state index in [-0.39, 0.29) is 11.5 Å². The lowest BCUT2D eigenvalue weighted by Crippen LogP contribution is -2.23. The van der Waals surface area contributed by atoms with Gasteiger partial charge in [0.1, 0.15) is 5.82 Å². The van der Waals surface area contributed by atoms with Crippen LogP contribution in [-0.4, -0.2) is 5.91 Å². The van der Waals surface area contributed by atoms with Crippen LogP contribution >= 0.6 is 31.9 Å². The van der Waals surface area contributed by atoms with Gasteiger partial charge in [-0.15, -0.1) is 0 Å². The minimum atomic E-state index is -0.436. The summed E-state index contributed by atoms with van der Waals surface area (Å²) in [6.45, 7) is 0.378. The van der Waals surface area contributed by atoms with Gasteiger partial charge in [-0.3, -0.25) is 4.79 Å². The Labute approximate surface area is 127 Å². The maximum Gasteiger partial charge on any atom is 0.252 e. The van der Waals surface area contributed by atoms with Gasteiger partial charge in [0, 0.05) is 15.5 Å². The molecule has 19 heavy (non-hydrogen) atoms. The third kappa shape index (κ3) is 3.64. The van der Waals surface area contributed by atoms with Gasteiger partial charge in [-0.05, 0) is 45.8 Å². The Bertz CT molecular complexity index is 616. The van der Waals surface area contributed by atoms with Crippen LogP contribution in [0.4, 0.5) is 4.39 Å². The first kappa shape index (κ1) is 14.2. The number of carbonyl (C=O) groups is 1. The molecule has 0 aliphatic carbocycles. The molecule has 0 heterocycles. The summed E-state index contributed by atoms with van der Waals surface area (Å²) >= 11 is 6.64. The van der Waals surface area contributed by atoms with Crippen molar-refractivity contribution in [3.05, 3.63) is 68.4 Å². The second-order valence-electron chi connectivity index (χ2n) is 3.90. The third-order valence-electron chi connectivity index (χ3n) is 2.57. The summed E-state index contributed by atoms with van der Waals surface area (Å²) in [6, 6.07) is 11.6. The lowest BCUT2D eigenvalue weighted by atomic mass is 10.2. The van der Waals surface area contributed by atoms with Crippen LogP contribution in [0.5, 0.6) is 0 Å². The van der Waals surface area contributed by atoms with Crippen molar-refractivity contribution in [3.63, 3.8) is 0 Å². The van der Waals surface area contributed by atoms with Crippen molar-refractivity contribution in [1.29, 1.82) is 0 Å². The van der Waals surface area contributed by atoms with Crippen molar-refractivity contribution in [3.8, 4) is 0 Å². The molecule has 0 saturated carbocycles. The molecule has 0 aliphatic heterocycles. The summed E-state index contributed by atoms with van der Waals surface area (Å²) in [6.07, 6.45) is 0. The van der Waals surface area contributed by atoms with Crippen molar-refractivity contribution in [2.45, 2.75) is 6.54 Å². The van der Waals surface area contributed by atoms with Gasteiger partial charge in [-0.1, -0.05) is 34.1 Å². The highest BCUT2D eigenvalue weighted by molar-refractivity contribution is 9.10.